The molecule has 2 aliphatic rings. The monoisotopic (exact) mass is 491 g/mol. The molecule has 2 saturated heterocycles. The minimum absolute atomic E-state index is 0. The summed E-state index contributed by atoms with van der Waals surface area (Å²) < 4.78 is 5.29. The van der Waals surface area contributed by atoms with E-state index in [0.717, 1.165) is 51.0 Å². The summed E-state index contributed by atoms with van der Waals surface area (Å²) in [4.78, 5) is 30.0. The van der Waals surface area contributed by atoms with Crippen LogP contribution in [-0.4, -0.2) is 55.5 Å². The van der Waals surface area contributed by atoms with Crippen molar-refractivity contribution < 1.29 is 14.3 Å². The van der Waals surface area contributed by atoms with Gasteiger partial charge in [0.2, 0.25) is 5.91 Å². The number of ether oxygens (including phenoxy) is 1. The second kappa shape index (κ2) is 11.2. The van der Waals surface area contributed by atoms with Crippen LogP contribution >= 0.6 is 24.0 Å². The third-order valence-corrected chi connectivity index (χ3v) is 6.91. The number of anilines is 1. The molecule has 178 valence electrons. The predicted molar refractivity (Wildman–Crippen MR) is 134 cm³/mol. The summed E-state index contributed by atoms with van der Waals surface area (Å²) in [7, 11) is 1.56. The molecule has 0 unspecified atom stereocenters. The smallest absolute Gasteiger partial charge is 0.247 e. The number of benzene rings is 2. The Hall–Kier alpha value is -2.28. The normalized spacial score (nSPS) is 17.5. The molecule has 0 radical (unpaired) electrons. The Labute approximate surface area is 206 Å². The largest absolute Gasteiger partial charge is 0.496 e. The second-order valence-corrected chi connectivity index (χ2v) is 8.96. The highest BCUT2D eigenvalue weighted by Gasteiger charge is 2.50. The number of piperidine rings is 1. The number of rotatable bonds is 8. The average molecular weight is 492 g/mol. The van der Waals surface area contributed by atoms with Crippen molar-refractivity contribution in [3.8, 4) is 5.75 Å². The van der Waals surface area contributed by atoms with Gasteiger partial charge >= 0.3 is 0 Å². The first kappa shape index (κ1) is 25.3. The lowest BCUT2D eigenvalue weighted by atomic mass is 9.85. The Morgan fingerprint density at radius 1 is 1.12 bits per heavy atom. The maximum Gasteiger partial charge on any atom is 0.247 e. The van der Waals surface area contributed by atoms with Crippen molar-refractivity contribution in [2.75, 3.05) is 38.3 Å². The molecule has 1 amide bonds. The number of likely N-dealkylation sites (tertiary alicyclic amines) is 1. The SMILES string of the molecule is COc1ccc(Cl)cc1C(=O)CCCCN1CCC2(CC1)C(=O)NCN2c1ccccc1.Cl. The number of para-hydroxylation sites is 1. The van der Waals surface area contributed by atoms with Gasteiger partial charge in [-0.15, -0.1) is 12.4 Å². The number of amides is 1. The topological polar surface area (TPSA) is 61.9 Å². The van der Waals surface area contributed by atoms with E-state index in [1.165, 1.54) is 0 Å². The summed E-state index contributed by atoms with van der Waals surface area (Å²) in [5.74, 6) is 0.767. The Bertz CT molecular complexity index is 963. The molecule has 0 aromatic heterocycles. The van der Waals surface area contributed by atoms with Gasteiger partial charge in [-0.1, -0.05) is 29.8 Å². The molecule has 0 aliphatic carbocycles. The van der Waals surface area contributed by atoms with Crippen molar-refractivity contribution in [1.82, 2.24) is 10.2 Å². The van der Waals surface area contributed by atoms with Gasteiger partial charge in [-0.3, -0.25) is 9.59 Å². The average Bonchev–Trinajstić information content (AvgIpc) is 3.13. The van der Waals surface area contributed by atoms with Gasteiger partial charge in [0, 0.05) is 30.2 Å². The number of methoxy groups -OCH3 is 1. The van der Waals surface area contributed by atoms with E-state index in [4.69, 9.17) is 16.3 Å². The van der Waals surface area contributed by atoms with E-state index in [1.807, 2.05) is 18.2 Å². The summed E-state index contributed by atoms with van der Waals surface area (Å²) in [6.45, 7) is 3.26. The molecule has 0 bridgehead atoms. The molecular weight excluding hydrogens is 461 g/mol. The van der Waals surface area contributed by atoms with Crippen molar-refractivity contribution in [3.63, 3.8) is 0 Å². The van der Waals surface area contributed by atoms with Gasteiger partial charge in [0.15, 0.2) is 5.78 Å². The zero-order valence-electron chi connectivity index (χ0n) is 18.9. The van der Waals surface area contributed by atoms with Crippen molar-refractivity contribution in [2.24, 2.45) is 0 Å². The Morgan fingerprint density at radius 2 is 1.85 bits per heavy atom. The number of hydrogen-bond donors (Lipinski definition) is 1. The zero-order chi connectivity index (χ0) is 22.6. The summed E-state index contributed by atoms with van der Waals surface area (Å²) in [5, 5.41) is 3.59. The molecule has 2 aromatic rings. The van der Waals surface area contributed by atoms with E-state index in [0.29, 0.717) is 29.4 Å². The van der Waals surface area contributed by atoms with E-state index >= 15 is 0 Å². The van der Waals surface area contributed by atoms with Crippen LogP contribution in [0.2, 0.25) is 5.02 Å². The van der Waals surface area contributed by atoms with E-state index in [1.54, 1.807) is 25.3 Å². The van der Waals surface area contributed by atoms with Gasteiger partial charge in [0.25, 0.3) is 0 Å². The number of hydrogen-bond acceptors (Lipinski definition) is 5. The molecule has 1 N–H and O–H groups in total. The van der Waals surface area contributed by atoms with Crippen molar-refractivity contribution in [1.29, 1.82) is 0 Å². The van der Waals surface area contributed by atoms with Crippen LogP contribution in [0.15, 0.2) is 48.5 Å². The lowest BCUT2D eigenvalue weighted by Gasteiger charge is -2.43. The lowest BCUT2D eigenvalue weighted by molar-refractivity contribution is -0.125. The third-order valence-electron chi connectivity index (χ3n) is 6.68. The lowest BCUT2D eigenvalue weighted by Crippen LogP contribution is -2.56. The number of ketones is 1. The van der Waals surface area contributed by atoms with Crippen LogP contribution in [0.25, 0.3) is 0 Å². The predicted octanol–water partition coefficient (Wildman–Crippen LogP) is 4.55. The molecule has 0 saturated carbocycles. The van der Waals surface area contributed by atoms with E-state index in [-0.39, 0.29) is 24.1 Å². The number of unbranched alkanes of at least 4 members (excludes halogenated alkanes) is 1. The highest BCUT2D eigenvalue weighted by Crippen LogP contribution is 2.36. The highest BCUT2D eigenvalue weighted by atomic mass is 35.5. The van der Waals surface area contributed by atoms with Crippen LogP contribution in [0.3, 0.4) is 0 Å². The Morgan fingerprint density at radius 3 is 2.55 bits per heavy atom. The molecule has 6 nitrogen and oxygen atoms in total. The molecule has 33 heavy (non-hydrogen) atoms. The molecule has 0 atom stereocenters. The minimum atomic E-state index is -0.447. The number of carbonyl (C=O) groups is 2. The number of carbonyl (C=O) groups excluding carboxylic acids is 2. The summed E-state index contributed by atoms with van der Waals surface area (Å²) in [6, 6.07) is 15.3. The summed E-state index contributed by atoms with van der Waals surface area (Å²) >= 11 is 6.05. The number of nitrogens with one attached hydrogen (secondary N) is 1. The maximum absolute atomic E-state index is 12.8. The van der Waals surface area contributed by atoms with Gasteiger partial charge in [-0.05, 0) is 62.6 Å². The van der Waals surface area contributed by atoms with Crippen molar-refractivity contribution >= 4 is 41.4 Å². The third kappa shape index (κ3) is 5.45. The van der Waals surface area contributed by atoms with Gasteiger partial charge in [0.1, 0.15) is 11.3 Å². The minimum Gasteiger partial charge on any atom is -0.496 e. The van der Waals surface area contributed by atoms with Crippen molar-refractivity contribution in [3.05, 3.63) is 59.1 Å². The first-order valence-electron chi connectivity index (χ1n) is 11.2. The number of Topliss-reactive ketones (excluding diaryl/α,β-unsaturated/α-hetero) is 1. The van der Waals surface area contributed by atoms with Crippen LogP contribution in [0, 0.1) is 0 Å². The first-order valence-corrected chi connectivity index (χ1v) is 11.6. The standard InChI is InChI=1S/C25H30ClN3O3.ClH/c1-32-23-11-10-19(26)17-21(23)22(30)9-5-6-14-28-15-12-25(13-16-28)24(31)27-18-29(25)20-7-3-2-4-8-20;/h2-4,7-8,10-11,17H,5-6,9,12-16,18H2,1H3,(H,27,31);1H. The molecule has 4 rings (SSSR count). The van der Waals surface area contributed by atoms with Crippen LogP contribution in [0.1, 0.15) is 42.5 Å². The van der Waals surface area contributed by atoms with Gasteiger partial charge in [0.05, 0.1) is 19.3 Å². The van der Waals surface area contributed by atoms with Crippen molar-refractivity contribution in [2.45, 2.75) is 37.6 Å². The van der Waals surface area contributed by atoms with Gasteiger partial charge in [-0.2, -0.15) is 0 Å². The molecule has 1 spiro atoms. The number of halogens is 2. The van der Waals surface area contributed by atoms with Gasteiger partial charge in [-0.25, -0.2) is 0 Å². The van der Waals surface area contributed by atoms with E-state index < -0.39 is 5.54 Å². The van der Waals surface area contributed by atoms with Gasteiger partial charge < -0.3 is 19.9 Å². The van der Waals surface area contributed by atoms with Crippen LogP contribution in [0.4, 0.5) is 5.69 Å². The fraction of sp³-hybridized carbons (Fsp3) is 0.440. The van der Waals surface area contributed by atoms with E-state index in [9.17, 15) is 9.59 Å². The fourth-order valence-electron chi connectivity index (χ4n) is 4.83. The summed E-state index contributed by atoms with van der Waals surface area (Å²) in [5.41, 5.74) is 1.19. The molecule has 2 aliphatic heterocycles. The highest BCUT2D eigenvalue weighted by molar-refractivity contribution is 6.31. The first-order chi connectivity index (χ1) is 15.5. The molecule has 8 heteroatoms. The Balaban J connectivity index is 0.00000306. The van der Waals surface area contributed by atoms with Crippen LogP contribution in [0.5, 0.6) is 5.75 Å². The number of nitrogens with zero attached hydrogens (tertiary/aromatic N) is 2. The summed E-state index contributed by atoms with van der Waals surface area (Å²) in [6.07, 6.45) is 3.85. The molecule has 2 heterocycles. The Kier molecular flexibility index (Phi) is 8.63. The quantitative estimate of drug-likeness (QED) is 0.433. The second-order valence-electron chi connectivity index (χ2n) is 8.53. The zero-order valence-corrected chi connectivity index (χ0v) is 20.5. The molecular formula is C25H31Cl2N3O3. The van der Waals surface area contributed by atoms with Crippen LogP contribution < -0.4 is 15.0 Å². The fourth-order valence-corrected chi connectivity index (χ4v) is 5.01. The van der Waals surface area contributed by atoms with E-state index in [2.05, 4.69) is 27.2 Å². The van der Waals surface area contributed by atoms with Crippen LogP contribution in [-0.2, 0) is 4.79 Å². The molecule has 2 aromatic carbocycles. The molecule has 2 fully saturated rings. The maximum atomic E-state index is 12.8.